The fourth-order valence-electron chi connectivity index (χ4n) is 0. The molecule has 0 fully saturated rings. The molecule has 0 heterocycles. The second-order valence-corrected chi connectivity index (χ2v) is 0.848. The molecule has 48 valence electrons. The van der Waals surface area contributed by atoms with Gasteiger partial charge in [0.05, 0.1) is 0 Å². The van der Waals surface area contributed by atoms with Gasteiger partial charge >= 0.3 is 9.17 Å². The van der Waals surface area contributed by atoms with Crippen LogP contribution >= 0.6 is 0 Å². The molecule has 6 N–H and O–H groups in total. The van der Waals surface area contributed by atoms with Crippen molar-refractivity contribution in [3.05, 3.63) is 0 Å². The van der Waals surface area contributed by atoms with Crippen LogP contribution in [-0.2, 0) is 4.46 Å². The van der Waals surface area contributed by atoms with Gasteiger partial charge in [-0.1, -0.05) is 0 Å². The first-order valence-corrected chi connectivity index (χ1v) is 1.95. The predicted molar refractivity (Wildman–Crippen MR) is 29.6 cm³/mol. The second-order valence-electron chi connectivity index (χ2n) is 0.283. The van der Waals surface area contributed by atoms with Crippen LogP contribution in [-0.4, -0.2) is 84.3 Å². The summed E-state index contributed by atoms with van der Waals surface area (Å²) >= 11 is 0. The minimum Gasteiger partial charge on any atom is -0.511 e. The summed E-state index contributed by atoms with van der Waals surface area (Å²) in [5.41, 5.74) is 0. The molecule has 0 amide bonds. The van der Waals surface area contributed by atoms with Crippen LogP contribution in [0.3, 0.4) is 0 Å². The van der Waals surface area contributed by atoms with E-state index in [-0.39, 0.29) is 65.5 Å². The average Bonchev–Trinajstić information content (AvgIpc) is 0.811. The minimum atomic E-state index is -3.13. The van der Waals surface area contributed by atoms with Crippen molar-refractivity contribution in [3.63, 3.8) is 0 Å². The monoisotopic (exact) mass is 530 g/mol. The third-order valence-electron chi connectivity index (χ3n) is 0. The van der Waals surface area contributed by atoms with Gasteiger partial charge in [-0.3, -0.25) is 4.46 Å². The summed E-state index contributed by atoms with van der Waals surface area (Å²) in [5.74, 6) is 0. The number of hydrogen-bond donors (Lipinski definition) is 2. The van der Waals surface area contributed by atoms with E-state index in [0.717, 1.165) is 0 Å². The quantitative estimate of drug-likeness (QED) is 0.312. The van der Waals surface area contributed by atoms with E-state index in [0.29, 0.717) is 0 Å². The van der Waals surface area contributed by atoms with Gasteiger partial charge in [0, 0.05) is 54.6 Å². The number of hydrogen-bond acceptors (Lipinski definition) is 1. The molecule has 0 atom stereocenters. The molecule has 8 heavy (non-hydrogen) atoms. The largest absolute Gasteiger partial charge is 0.761 e. The molecule has 0 aromatic heterocycles. The summed E-state index contributed by atoms with van der Waals surface area (Å²) in [5, 5.41) is 0. The predicted octanol–water partition coefficient (Wildman–Crippen LogP) is -4.02. The van der Waals surface area contributed by atoms with Gasteiger partial charge in [-0.05, 0) is 0 Å². The maximum Gasteiger partial charge on any atom is 0.761 e. The van der Waals surface area contributed by atoms with Crippen molar-refractivity contribution in [1.29, 1.82) is 0 Å². The molecular weight excluding hydrogens is 522 g/mol. The van der Waals surface area contributed by atoms with Gasteiger partial charge in [0.2, 0.25) is 0 Å². The Hall–Kier alpha value is 1.38. The zero-order valence-corrected chi connectivity index (χ0v) is 12.6. The molecule has 0 rings (SSSR count). The summed E-state index contributed by atoms with van der Waals surface area (Å²) in [6.07, 6.45) is 0. The van der Waals surface area contributed by atoms with Crippen LogP contribution in [0, 0.1) is 0 Å². The first kappa shape index (κ1) is 34.3. The molecule has 0 saturated heterocycles. The normalized spacial score (nSPS) is 3.00. The topological polar surface area (TPSA) is 121 Å². The van der Waals surface area contributed by atoms with Gasteiger partial charge in [-0.2, -0.15) is 0 Å². The molecule has 8 heteroatoms. The fourth-order valence-corrected chi connectivity index (χ4v) is 0. The molecule has 0 aliphatic carbocycles. The second kappa shape index (κ2) is 23.8. The Kier molecular flexibility index (Phi) is 102. The zero-order chi connectivity index (χ0) is 3.58. The van der Waals surface area contributed by atoms with Gasteiger partial charge in [-0.15, -0.1) is 0 Å². The SMILES string of the molecule is O.O.O=[Si](O)O.[Pb].[Pb]. The minimum absolute atomic E-state index is 0. The van der Waals surface area contributed by atoms with Gasteiger partial charge < -0.3 is 20.5 Å². The van der Waals surface area contributed by atoms with E-state index in [4.69, 9.17) is 14.1 Å². The van der Waals surface area contributed by atoms with Gasteiger partial charge in [0.25, 0.3) is 0 Å². The Morgan fingerprint density at radius 1 is 1.00 bits per heavy atom. The summed E-state index contributed by atoms with van der Waals surface area (Å²) < 4.78 is 8.74. The van der Waals surface area contributed by atoms with Crippen molar-refractivity contribution in [2.45, 2.75) is 0 Å². The molecule has 0 spiro atoms. The van der Waals surface area contributed by atoms with Crippen LogP contribution in [0.25, 0.3) is 0 Å². The van der Waals surface area contributed by atoms with Crippen molar-refractivity contribution in [2.24, 2.45) is 0 Å². The summed E-state index contributed by atoms with van der Waals surface area (Å²) in [4.78, 5) is 14.3. The van der Waals surface area contributed by atoms with Gasteiger partial charge in [0.15, 0.2) is 0 Å². The number of rotatable bonds is 0. The van der Waals surface area contributed by atoms with Crippen LogP contribution in [0.15, 0.2) is 0 Å². The van der Waals surface area contributed by atoms with Crippen molar-refractivity contribution in [1.82, 2.24) is 0 Å². The molecule has 8 radical (unpaired) electrons. The molecule has 0 aliphatic rings. The van der Waals surface area contributed by atoms with E-state index < -0.39 is 9.17 Å². The summed E-state index contributed by atoms with van der Waals surface area (Å²) in [6, 6.07) is 0. The van der Waals surface area contributed by atoms with Crippen molar-refractivity contribution in [3.8, 4) is 0 Å². The first-order chi connectivity index (χ1) is 1.73. The average molecular weight is 529 g/mol. The molecule has 0 aromatic carbocycles. The molecule has 0 bridgehead atoms. The first-order valence-electron chi connectivity index (χ1n) is 0.651. The Labute approximate surface area is 87.9 Å². The third-order valence-corrected chi connectivity index (χ3v) is 0. The summed E-state index contributed by atoms with van der Waals surface area (Å²) in [6.45, 7) is 0. The smallest absolute Gasteiger partial charge is 0.511 e. The standard InChI is InChI=1S/H2O3Si.2H2O.2Pb/c1-4(2)3;;;;/h1-2H;2*1H2;;. The van der Waals surface area contributed by atoms with E-state index >= 15 is 0 Å². The van der Waals surface area contributed by atoms with E-state index in [1.165, 1.54) is 0 Å². The molecular formula is H6O5Pb2Si. The Bertz CT molecular complexity index is 33.4. The Morgan fingerprint density at radius 3 is 1.00 bits per heavy atom. The van der Waals surface area contributed by atoms with Crippen molar-refractivity contribution >= 4 is 63.8 Å². The van der Waals surface area contributed by atoms with Gasteiger partial charge in [0.1, 0.15) is 0 Å². The molecule has 0 saturated carbocycles. The summed E-state index contributed by atoms with van der Waals surface area (Å²) in [7, 11) is -3.13. The van der Waals surface area contributed by atoms with E-state index in [2.05, 4.69) is 0 Å². The molecule has 0 aliphatic heterocycles. The fraction of sp³-hybridized carbons (Fsp3) is 0. The van der Waals surface area contributed by atoms with Crippen molar-refractivity contribution < 1.29 is 25.0 Å². The molecule has 0 unspecified atom stereocenters. The van der Waals surface area contributed by atoms with Gasteiger partial charge in [-0.25, -0.2) is 0 Å². The van der Waals surface area contributed by atoms with Crippen LogP contribution in [0.2, 0.25) is 0 Å². The van der Waals surface area contributed by atoms with Crippen LogP contribution in [0.5, 0.6) is 0 Å². The Balaban J connectivity index is -0.00000000750. The van der Waals surface area contributed by atoms with E-state index in [9.17, 15) is 0 Å². The van der Waals surface area contributed by atoms with Crippen molar-refractivity contribution in [2.75, 3.05) is 0 Å². The third kappa shape index (κ3) is 158. The van der Waals surface area contributed by atoms with Crippen LogP contribution < -0.4 is 0 Å². The van der Waals surface area contributed by atoms with E-state index in [1.807, 2.05) is 0 Å². The van der Waals surface area contributed by atoms with E-state index in [1.54, 1.807) is 0 Å². The molecule has 0 aromatic rings. The maximum absolute atomic E-state index is 8.74. The van der Waals surface area contributed by atoms with Crippen LogP contribution in [0.1, 0.15) is 0 Å². The molecule has 5 nitrogen and oxygen atoms in total. The Morgan fingerprint density at radius 2 is 1.00 bits per heavy atom. The zero-order valence-electron chi connectivity index (χ0n) is 3.80. The maximum atomic E-state index is 8.74. The van der Waals surface area contributed by atoms with Crippen LogP contribution in [0.4, 0.5) is 0 Å².